The second kappa shape index (κ2) is 7.36. The van der Waals surface area contributed by atoms with Gasteiger partial charge in [0.15, 0.2) is 0 Å². The van der Waals surface area contributed by atoms with Crippen molar-refractivity contribution < 1.29 is 13.9 Å². The maximum atomic E-state index is 14.2. The van der Waals surface area contributed by atoms with Gasteiger partial charge in [0.1, 0.15) is 17.4 Å². The minimum atomic E-state index is -0.241. The van der Waals surface area contributed by atoms with Crippen LogP contribution in [0.3, 0.4) is 0 Å². The summed E-state index contributed by atoms with van der Waals surface area (Å²) in [6, 6.07) is 8.75. The van der Waals surface area contributed by atoms with Crippen molar-refractivity contribution in [3.8, 4) is 23.0 Å². The maximum absolute atomic E-state index is 14.2. The van der Waals surface area contributed by atoms with Gasteiger partial charge in [0.2, 0.25) is 5.88 Å². The number of aromatic nitrogens is 3. The molecule has 3 aromatic rings. The first kappa shape index (κ1) is 17.5. The fourth-order valence-electron chi connectivity index (χ4n) is 3.29. The van der Waals surface area contributed by atoms with Crippen LogP contribution in [-0.2, 0) is 19.5 Å². The number of imidazole rings is 1. The second-order valence-corrected chi connectivity index (χ2v) is 6.52. The van der Waals surface area contributed by atoms with E-state index in [1.165, 1.54) is 13.2 Å². The highest BCUT2D eigenvalue weighted by molar-refractivity contribution is 5.55. The van der Waals surface area contributed by atoms with Crippen molar-refractivity contribution in [3.63, 3.8) is 0 Å². The van der Waals surface area contributed by atoms with Gasteiger partial charge in [-0.2, -0.15) is 0 Å². The van der Waals surface area contributed by atoms with E-state index in [-0.39, 0.29) is 5.82 Å². The molecular weight excluding hydrogens is 347 g/mol. The molecule has 0 fully saturated rings. The first-order chi connectivity index (χ1) is 13.2. The van der Waals surface area contributed by atoms with E-state index in [2.05, 4.69) is 14.9 Å². The van der Waals surface area contributed by atoms with E-state index in [1.807, 2.05) is 12.1 Å². The Morgan fingerprint density at radius 1 is 1.19 bits per heavy atom. The summed E-state index contributed by atoms with van der Waals surface area (Å²) in [5.74, 6) is 1.66. The lowest BCUT2D eigenvalue weighted by Crippen LogP contribution is -2.30. The highest BCUT2D eigenvalue weighted by atomic mass is 19.1. The maximum Gasteiger partial charge on any atom is 0.212 e. The van der Waals surface area contributed by atoms with Gasteiger partial charge in [-0.1, -0.05) is 6.07 Å². The number of benzene rings is 1. The van der Waals surface area contributed by atoms with Gasteiger partial charge in [-0.15, -0.1) is 0 Å². The number of fused-ring (bicyclic) bond motifs is 1. The number of pyridine rings is 1. The first-order valence-corrected chi connectivity index (χ1v) is 8.79. The van der Waals surface area contributed by atoms with Crippen molar-refractivity contribution in [1.29, 1.82) is 0 Å². The Labute approximate surface area is 157 Å². The summed E-state index contributed by atoms with van der Waals surface area (Å²) in [5, 5.41) is 0. The Kier molecular flexibility index (Phi) is 4.77. The molecule has 1 aliphatic heterocycles. The quantitative estimate of drug-likeness (QED) is 0.749. The molecule has 0 atom stereocenters. The SMILES string of the molecule is COc1ccc(CN2CCc3nc(-c4ccc(OC)nc4)[nH]c3C2)c(F)c1. The molecule has 0 aliphatic carbocycles. The second-order valence-electron chi connectivity index (χ2n) is 6.52. The smallest absolute Gasteiger partial charge is 0.212 e. The summed E-state index contributed by atoms with van der Waals surface area (Å²) in [6.07, 6.45) is 2.57. The van der Waals surface area contributed by atoms with Gasteiger partial charge in [0.25, 0.3) is 0 Å². The predicted molar refractivity (Wildman–Crippen MR) is 99.1 cm³/mol. The number of hydrogen-bond acceptors (Lipinski definition) is 5. The van der Waals surface area contributed by atoms with Crippen LogP contribution in [0, 0.1) is 5.82 Å². The van der Waals surface area contributed by atoms with Crippen molar-refractivity contribution in [2.24, 2.45) is 0 Å². The molecule has 0 amide bonds. The van der Waals surface area contributed by atoms with Gasteiger partial charge in [-0.3, -0.25) is 4.90 Å². The number of nitrogens with zero attached hydrogens (tertiary/aromatic N) is 3. The lowest BCUT2D eigenvalue weighted by Gasteiger charge is -2.26. The molecule has 1 aliphatic rings. The lowest BCUT2D eigenvalue weighted by molar-refractivity contribution is 0.238. The Morgan fingerprint density at radius 3 is 2.78 bits per heavy atom. The molecule has 6 nitrogen and oxygen atoms in total. The molecule has 0 saturated heterocycles. The third kappa shape index (κ3) is 3.64. The molecule has 0 bridgehead atoms. The Bertz CT molecular complexity index is 940. The van der Waals surface area contributed by atoms with E-state index in [0.29, 0.717) is 30.3 Å². The standard InChI is InChI=1S/C20H21FN4O2/c1-26-15-5-3-14(16(21)9-15)11-25-8-7-17-18(12-25)24-20(23-17)13-4-6-19(27-2)22-10-13/h3-6,9-10H,7-8,11-12H2,1-2H3,(H,23,24). The molecule has 0 radical (unpaired) electrons. The summed E-state index contributed by atoms with van der Waals surface area (Å²) in [4.78, 5) is 14.5. The lowest BCUT2D eigenvalue weighted by atomic mass is 10.1. The van der Waals surface area contributed by atoms with Crippen LogP contribution < -0.4 is 9.47 Å². The van der Waals surface area contributed by atoms with Crippen LogP contribution in [0.2, 0.25) is 0 Å². The van der Waals surface area contributed by atoms with Crippen LogP contribution in [0.1, 0.15) is 17.0 Å². The number of methoxy groups -OCH3 is 2. The number of nitrogens with one attached hydrogen (secondary N) is 1. The molecule has 1 aromatic carbocycles. The molecule has 2 aromatic heterocycles. The van der Waals surface area contributed by atoms with Gasteiger partial charge >= 0.3 is 0 Å². The van der Waals surface area contributed by atoms with Gasteiger partial charge < -0.3 is 14.5 Å². The first-order valence-electron chi connectivity index (χ1n) is 8.79. The molecule has 3 heterocycles. The normalized spacial score (nSPS) is 14.0. The van der Waals surface area contributed by atoms with Gasteiger partial charge in [-0.05, 0) is 12.1 Å². The van der Waals surface area contributed by atoms with E-state index in [0.717, 1.165) is 35.7 Å². The topological polar surface area (TPSA) is 63.3 Å². The number of halogens is 1. The number of H-pyrrole nitrogens is 1. The van der Waals surface area contributed by atoms with E-state index in [4.69, 9.17) is 14.5 Å². The van der Waals surface area contributed by atoms with Crippen LogP contribution in [0.4, 0.5) is 4.39 Å². The zero-order valence-corrected chi connectivity index (χ0v) is 15.3. The van der Waals surface area contributed by atoms with Crippen LogP contribution >= 0.6 is 0 Å². The predicted octanol–water partition coefficient (Wildman–Crippen LogP) is 3.19. The highest BCUT2D eigenvalue weighted by Gasteiger charge is 2.21. The molecular formula is C20H21FN4O2. The highest BCUT2D eigenvalue weighted by Crippen LogP contribution is 2.25. The fourth-order valence-corrected chi connectivity index (χ4v) is 3.29. The largest absolute Gasteiger partial charge is 0.497 e. The molecule has 140 valence electrons. The number of aromatic amines is 1. The number of hydrogen-bond donors (Lipinski definition) is 1. The molecule has 4 rings (SSSR count). The van der Waals surface area contributed by atoms with Gasteiger partial charge in [0.05, 0.1) is 25.6 Å². The zero-order chi connectivity index (χ0) is 18.8. The van der Waals surface area contributed by atoms with Crippen molar-refractivity contribution in [3.05, 3.63) is 59.3 Å². The van der Waals surface area contributed by atoms with Crippen LogP contribution in [0.25, 0.3) is 11.4 Å². The van der Waals surface area contributed by atoms with Gasteiger partial charge in [0, 0.05) is 55.5 Å². The van der Waals surface area contributed by atoms with E-state index < -0.39 is 0 Å². The van der Waals surface area contributed by atoms with E-state index >= 15 is 0 Å². The summed E-state index contributed by atoms with van der Waals surface area (Å²) < 4.78 is 24.4. The average Bonchev–Trinajstić information content (AvgIpc) is 3.13. The van der Waals surface area contributed by atoms with Crippen LogP contribution in [0.15, 0.2) is 36.5 Å². The van der Waals surface area contributed by atoms with Gasteiger partial charge in [-0.25, -0.2) is 14.4 Å². The van der Waals surface area contributed by atoms with Crippen molar-refractivity contribution >= 4 is 0 Å². The third-order valence-electron chi connectivity index (χ3n) is 4.78. The third-order valence-corrected chi connectivity index (χ3v) is 4.78. The van der Waals surface area contributed by atoms with Crippen molar-refractivity contribution in [2.45, 2.75) is 19.5 Å². The summed E-state index contributed by atoms with van der Waals surface area (Å²) in [7, 11) is 3.13. The average molecular weight is 368 g/mol. The summed E-state index contributed by atoms with van der Waals surface area (Å²) in [6.45, 7) is 2.09. The Morgan fingerprint density at radius 2 is 2.07 bits per heavy atom. The van der Waals surface area contributed by atoms with Crippen LogP contribution in [-0.4, -0.2) is 40.6 Å². The monoisotopic (exact) mass is 368 g/mol. The number of rotatable bonds is 5. The van der Waals surface area contributed by atoms with E-state index in [1.54, 1.807) is 25.4 Å². The molecule has 27 heavy (non-hydrogen) atoms. The number of ether oxygens (including phenoxy) is 2. The summed E-state index contributed by atoms with van der Waals surface area (Å²) >= 11 is 0. The van der Waals surface area contributed by atoms with Crippen molar-refractivity contribution in [1.82, 2.24) is 19.9 Å². The van der Waals surface area contributed by atoms with Crippen molar-refractivity contribution in [2.75, 3.05) is 20.8 Å². The molecule has 7 heteroatoms. The minimum absolute atomic E-state index is 0.241. The Balaban J connectivity index is 1.49. The Hall–Kier alpha value is -2.93. The fraction of sp³-hybridized carbons (Fsp3) is 0.300. The zero-order valence-electron chi connectivity index (χ0n) is 15.3. The molecule has 0 saturated carbocycles. The molecule has 1 N–H and O–H groups in total. The summed E-state index contributed by atoms with van der Waals surface area (Å²) in [5.41, 5.74) is 3.71. The molecule has 0 unspecified atom stereocenters. The minimum Gasteiger partial charge on any atom is -0.497 e. The van der Waals surface area contributed by atoms with Crippen LogP contribution in [0.5, 0.6) is 11.6 Å². The molecule has 0 spiro atoms. The van der Waals surface area contributed by atoms with E-state index in [9.17, 15) is 4.39 Å².